The molecule has 100 valence electrons. The van der Waals surface area contributed by atoms with E-state index in [9.17, 15) is 8.76 Å². The predicted molar refractivity (Wildman–Crippen MR) is 67.2 cm³/mol. The Hall–Kier alpha value is -0.0100. The van der Waals surface area contributed by atoms with Gasteiger partial charge in [0, 0.05) is 43.5 Å². The van der Waals surface area contributed by atoms with Crippen molar-refractivity contribution in [1.29, 1.82) is 0 Å². The summed E-state index contributed by atoms with van der Waals surface area (Å²) in [4.78, 5) is 4.95. The average molecular weight is 260 g/mol. The van der Waals surface area contributed by atoms with Crippen LogP contribution in [0.5, 0.6) is 0 Å². The highest BCUT2D eigenvalue weighted by Crippen LogP contribution is 2.18. The van der Waals surface area contributed by atoms with Gasteiger partial charge in [0.1, 0.15) is 0 Å². The van der Waals surface area contributed by atoms with Crippen LogP contribution in [0.1, 0.15) is 19.8 Å². The monoisotopic (exact) mass is 260 g/mol. The zero-order valence-electron chi connectivity index (χ0n) is 10.5. The van der Waals surface area contributed by atoms with Gasteiger partial charge < -0.3 is 9.45 Å². The van der Waals surface area contributed by atoms with E-state index in [0.717, 1.165) is 19.6 Å². The first kappa shape index (κ1) is 13.4. The highest BCUT2D eigenvalue weighted by molar-refractivity contribution is 7.76. The first-order valence-corrected chi connectivity index (χ1v) is 7.54. The zero-order valence-corrected chi connectivity index (χ0v) is 11.3. The summed E-state index contributed by atoms with van der Waals surface area (Å²) in [7, 11) is 0. The summed E-state index contributed by atoms with van der Waals surface area (Å²) in [5, 5.41) is 0. The zero-order chi connectivity index (χ0) is 12.3. The smallest absolute Gasteiger partial charge is 0.0231 e. The Morgan fingerprint density at radius 3 is 2.18 bits per heavy atom. The highest BCUT2D eigenvalue weighted by atomic mass is 32.2. The standard InChI is InChI=1S/C11H23N3O2S/c1-2-12-5-3-11(4-6-12)13-7-9-14(10-8-13)17(15)16/h11H,2-10H2,1H3,(H,15,16)/p-1. The Bertz CT molecular complexity index is 261. The lowest BCUT2D eigenvalue weighted by atomic mass is 10.0. The lowest BCUT2D eigenvalue weighted by molar-refractivity contribution is 0.0824. The maximum absolute atomic E-state index is 10.8. The molecular formula is C11H22N3O2S-. The van der Waals surface area contributed by atoms with E-state index in [1.807, 2.05) is 0 Å². The number of nitrogens with zero attached hydrogens (tertiary/aromatic N) is 3. The molecule has 0 aliphatic carbocycles. The third kappa shape index (κ3) is 3.48. The van der Waals surface area contributed by atoms with Gasteiger partial charge in [-0.05, 0) is 32.5 Å². The molecule has 0 bridgehead atoms. The molecule has 5 nitrogen and oxygen atoms in total. The first-order valence-electron chi connectivity index (χ1n) is 6.51. The summed E-state index contributed by atoms with van der Waals surface area (Å²) in [6.45, 7) is 8.84. The van der Waals surface area contributed by atoms with Crippen LogP contribution in [0.3, 0.4) is 0 Å². The summed E-state index contributed by atoms with van der Waals surface area (Å²) in [6.07, 6.45) is 2.46. The van der Waals surface area contributed by atoms with Crippen molar-refractivity contribution in [3.8, 4) is 0 Å². The van der Waals surface area contributed by atoms with Crippen LogP contribution in [0.15, 0.2) is 0 Å². The fourth-order valence-electron chi connectivity index (χ4n) is 2.82. The molecule has 2 aliphatic rings. The van der Waals surface area contributed by atoms with Gasteiger partial charge in [-0.3, -0.25) is 9.11 Å². The second-order valence-corrected chi connectivity index (χ2v) is 5.80. The third-order valence-electron chi connectivity index (χ3n) is 4.00. The van der Waals surface area contributed by atoms with Gasteiger partial charge in [0.15, 0.2) is 0 Å². The third-order valence-corrected chi connectivity index (χ3v) is 4.79. The van der Waals surface area contributed by atoms with Crippen LogP contribution in [0.2, 0.25) is 0 Å². The topological polar surface area (TPSA) is 49.8 Å². The molecule has 6 heteroatoms. The lowest BCUT2D eigenvalue weighted by Gasteiger charge is -2.42. The molecule has 1 atom stereocenters. The molecule has 0 aromatic heterocycles. The van der Waals surface area contributed by atoms with Gasteiger partial charge in [-0.15, -0.1) is 0 Å². The number of rotatable bonds is 3. The maximum Gasteiger partial charge on any atom is 0.0231 e. The summed E-state index contributed by atoms with van der Waals surface area (Å²) in [6, 6.07) is 0.667. The molecule has 0 saturated carbocycles. The molecule has 2 rings (SSSR count). The highest BCUT2D eigenvalue weighted by Gasteiger charge is 2.26. The van der Waals surface area contributed by atoms with Crippen molar-refractivity contribution in [1.82, 2.24) is 14.1 Å². The molecule has 2 heterocycles. The molecule has 2 saturated heterocycles. The quantitative estimate of drug-likeness (QED) is 0.664. The second kappa shape index (κ2) is 6.24. The van der Waals surface area contributed by atoms with Gasteiger partial charge in [-0.2, -0.15) is 0 Å². The average Bonchev–Trinajstić information content (AvgIpc) is 2.39. The van der Waals surface area contributed by atoms with E-state index in [0.29, 0.717) is 19.1 Å². The molecule has 0 aromatic rings. The minimum absolute atomic E-state index is 0.657. The summed E-state index contributed by atoms with van der Waals surface area (Å²) < 4.78 is 23.2. The fourth-order valence-corrected chi connectivity index (χ4v) is 3.28. The van der Waals surface area contributed by atoms with Crippen LogP contribution >= 0.6 is 0 Å². The molecule has 17 heavy (non-hydrogen) atoms. The number of piperidine rings is 1. The Balaban J connectivity index is 1.76. The van der Waals surface area contributed by atoms with Crippen molar-refractivity contribution in [3.05, 3.63) is 0 Å². The van der Waals surface area contributed by atoms with E-state index in [-0.39, 0.29) is 0 Å². The van der Waals surface area contributed by atoms with E-state index >= 15 is 0 Å². The predicted octanol–water partition coefficient (Wildman–Crippen LogP) is -0.118. The van der Waals surface area contributed by atoms with Crippen molar-refractivity contribution < 1.29 is 8.76 Å². The minimum Gasteiger partial charge on any atom is -0.760 e. The van der Waals surface area contributed by atoms with Crippen LogP contribution in [0, 0.1) is 0 Å². The Kier molecular flexibility index (Phi) is 4.93. The van der Waals surface area contributed by atoms with E-state index in [1.54, 1.807) is 0 Å². The van der Waals surface area contributed by atoms with E-state index in [2.05, 4.69) is 16.7 Å². The Morgan fingerprint density at radius 2 is 1.71 bits per heavy atom. The van der Waals surface area contributed by atoms with Crippen LogP contribution in [0.25, 0.3) is 0 Å². The molecular weight excluding hydrogens is 238 g/mol. The normalized spacial score (nSPS) is 28.4. The minimum atomic E-state index is -2.03. The molecule has 0 radical (unpaired) electrons. The Labute approximate surface area is 106 Å². The van der Waals surface area contributed by atoms with Gasteiger partial charge in [0.05, 0.1) is 0 Å². The van der Waals surface area contributed by atoms with Crippen molar-refractivity contribution in [2.24, 2.45) is 0 Å². The van der Waals surface area contributed by atoms with Gasteiger partial charge >= 0.3 is 0 Å². The van der Waals surface area contributed by atoms with Gasteiger partial charge in [-0.1, -0.05) is 6.92 Å². The van der Waals surface area contributed by atoms with E-state index < -0.39 is 11.3 Å². The molecule has 0 amide bonds. The number of likely N-dealkylation sites (tertiary alicyclic amines) is 1. The number of hydrogen-bond donors (Lipinski definition) is 0. The van der Waals surface area contributed by atoms with Crippen molar-refractivity contribution in [3.63, 3.8) is 0 Å². The maximum atomic E-state index is 10.8. The van der Waals surface area contributed by atoms with Crippen LogP contribution in [-0.4, -0.2) is 74.7 Å². The van der Waals surface area contributed by atoms with Crippen molar-refractivity contribution >= 4 is 11.3 Å². The number of piperazine rings is 1. The summed E-state index contributed by atoms with van der Waals surface area (Å²) in [5.41, 5.74) is 0. The summed E-state index contributed by atoms with van der Waals surface area (Å²) in [5.74, 6) is 0. The molecule has 2 aliphatic heterocycles. The molecule has 2 fully saturated rings. The SMILES string of the molecule is CCN1CCC(N2CCN(S(=O)[O-])CC2)CC1. The van der Waals surface area contributed by atoms with Crippen LogP contribution in [-0.2, 0) is 11.3 Å². The largest absolute Gasteiger partial charge is 0.760 e. The van der Waals surface area contributed by atoms with Crippen LogP contribution in [0.4, 0.5) is 0 Å². The van der Waals surface area contributed by atoms with E-state index in [4.69, 9.17) is 0 Å². The Morgan fingerprint density at radius 1 is 1.12 bits per heavy atom. The molecule has 1 unspecified atom stereocenters. The van der Waals surface area contributed by atoms with Gasteiger partial charge in [0.25, 0.3) is 0 Å². The fraction of sp³-hybridized carbons (Fsp3) is 1.00. The molecule has 0 N–H and O–H groups in total. The number of hydrogen-bond acceptors (Lipinski definition) is 4. The van der Waals surface area contributed by atoms with Gasteiger partial charge in [-0.25, -0.2) is 4.31 Å². The lowest BCUT2D eigenvalue weighted by Crippen LogP contribution is -2.53. The first-order chi connectivity index (χ1) is 8.20. The van der Waals surface area contributed by atoms with Crippen molar-refractivity contribution in [2.75, 3.05) is 45.8 Å². The van der Waals surface area contributed by atoms with Crippen molar-refractivity contribution in [2.45, 2.75) is 25.8 Å². The summed E-state index contributed by atoms with van der Waals surface area (Å²) >= 11 is -2.03. The molecule has 0 aromatic carbocycles. The molecule has 0 spiro atoms. The second-order valence-electron chi connectivity index (χ2n) is 4.85. The van der Waals surface area contributed by atoms with E-state index in [1.165, 1.54) is 30.2 Å². The van der Waals surface area contributed by atoms with Gasteiger partial charge in [0.2, 0.25) is 0 Å². The van der Waals surface area contributed by atoms with Crippen LogP contribution < -0.4 is 0 Å².